The van der Waals surface area contributed by atoms with Crippen LogP contribution in [0.2, 0.25) is 0 Å². The summed E-state index contributed by atoms with van der Waals surface area (Å²) in [6, 6.07) is 0. The van der Waals surface area contributed by atoms with Crippen molar-refractivity contribution in [1.29, 1.82) is 0 Å². The Hall–Kier alpha value is -0.810. The first-order valence-electron chi connectivity index (χ1n) is 5.36. The number of nitrogens with zero attached hydrogens (tertiary/aromatic N) is 3. The van der Waals surface area contributed by atoms with E-state index in [4.69, 9.17) is 0 Å². The molecule has 0 aliphatic rings. The van der Waals surface area contributed by atoms with Gasteiger partial charge in [0.05, 0.1) is 24.1 Å². The summed E-state index contributed by atoms with van der Waals surface area (Å²) in [5.41, 5.74) is 0. The molecule has 0 aliphatic carbocycles. The van der Waals surface area contributed by atoms with Crippen LogP contribution in [0.5, 0.6) is 0 Å². The highest BCUT2D eigenvalue weighted by Gasteiger charge is 2.09. The quantitative estimate of drug-likeness (QED) is 0.180. The highest BCUT2D eigenvalue weighted by molar-refractivity contribution is 8.76. The maximum Gasteiger partial charge on any atom is 0.248 e. The molecule has 104 valence electrons. The van der Waals surface area contributed by atoms with E-state index in [1.165, 1.54) is 29.0 Å². The second kappa shape index (κ2) is 15.2. The van der Waals surface area contributed by atoms with Crippen LogP contribution in [-0.4, -0.2) is 48.6 Å². The van der Waals surface area contributed by atoms with Crippen molar-refractivity contribution in [2.24, 2.45) is 20.3 Å². The minimum Gasteiger partial charge on any atom is -0.211 e. The summed E-state index contributed by atoms with van der Waals surface area (Å²) < 4.78 is 3.38. The zero-order chi connectivity index (χ0) is 14.2. The normalized spacial score (nSPS) is 10.7. The van der Waals surface area contributed by atoms with E-state index in [2.05, 4.69) is 14.4 Å². The van der Waals surface area contributed by atoms with Crippen LogP contribution in [0.25, 0.3) is 0 Å². The summed E-state index contributed by atoms with van der Waals surface area (Å²) in [7, 11) is 2.56. The summed E-state index contributed by atoms with van der Waals surface area (Å²) >= 11 is 1.68. The van der Waals surface area contributed by atoms with Crippen LogP contribution >= 0.6 is 33.5 Å². The molecule has 0 heterocycles. The third kappa shape index (κ3) is 13.4. The molecule has 6 nitrogen and oxygen atoms in total. The second-order valence-electron chi connectivity index (χ2n) is 3.22. The Bertz CT molecular complexity index is 375. The van der Waals surface area contributed by atoms with E-state index in [0.29, 0.717) is 19.0 Å². The Kier molecular flexibility index (Phi) is 14.6. The molecule has 0 fully saturated rings. The molecule has 0 saturated heterocycles. The second-order valence-corrected chi connectivity index (χ2v) is 6.42. The number of hydrogen-bond acceptors (Lipinski definition) is 9. The van der Waals surface area contributed by atoms with Crippen molar-refractivity contribution in [2.75, 3.05) is 30.3 Å². The molecular formula is C10H13N3O3S3. The van der Waals surface area contributed by atoms with Gasteiger partial charge in [-0.3, -0.25) is 0 Å². The van der Waals surface area contributed by atoms with E-state index in [1.54, 1.807) is 11.8 Å². The average Bonchev–Trinajstić information content (AvgIpc) is 2.42. The minimum atomic E-state index is 0.349. The molecule has 9 heteroatoms. The monoisotopic (exact) mass is 319 g/mol. The van der Waals surface area contributed by atoms with Gasteiger partial charge in [-0.15, -0.1) is 4.40 Å². The van der Waals surface area contributed by atoms with Crippen LogP contribution in [0.1, 0.15) is 6.42 Å². The summed E-state index contributed by atoms with van der Waals surface area (Å²) in [4.78, 5) is 36.8. The van der Waals surface area contributed by atoms with Crippen molar-refractivity contribution >= 4 is 51.8 Å². The average molecular weight is 319 g/mol. The van der Waals surface area contributed by atoms with Crippen molar-refractivity contribution in [1.82, 2.24) is 0 Å². The lowest BCUT2D eigenvalue weighted by atomic mass is 10.1. The van der Waals surface area contributed by atoms with Crippen LogP contribution < -0.4 is 0 Å². The van der Waals surface area contributed by atoms with Gasteiger partial charge in [0, 0.05) is 11.5 Å². The minimum absolute atomic E-state index is 0.349. The Morgan fingerprint density at radius 1 is 0.947 bits per heavy atom. The number of hydrogen-bond donors (Lipinski definition) is 0. The first kappa shape index (κ1) is 18.2. The van der Waals surface area contributed by atoms with E-state index in [0.717, 1.165) is 34.7 Å². The molecule has 0 aromatic rings. The molecule has 1 atom stereocenters. The Morgan fingerprint density at radius 3 is 2.37 bits per heavy atom. The van der Waals surface area contributed by atoms with Crippen LogP contribution in [0.4, 0.5) is 0 Å². The highest BCUT2D eigenvalue weighted by atomic mass is 33.1. The Labute approximate surface area is 123 Å². The fourth-order valence-corrected chi connectivity index (χ4v) is 3.87. The van der Waals surface area contributed by atoms with Gasteiger partial charge in [-0.25, -0.2) is 24.4 Å². The van der Waals surface area contributed by atoms with Crippen molar-refractivity contribution < 1.29 is 14.4 Å². The lowest BCUT2D eigenvalue weighted by molar-refractivity contribution is 0.558. The van der Waals surface area contributed by atoms with Gasteiger partial charge in [-0.1, -0.05) is 10.8 Å². The van der Waals surface area contributed by atoms with Gasteiger partial charge in [0.15, 0.2) is 0 Å². The van der Waals surface area contributed by atoms with Crippen molar-refractivity contribution in [3.63, 3.8) is 0 Å². The van der Waals surface area contributed by atoms with E-state index in [9.17, 15) is 14.4 Å². The topological polar surface area (TPSA) is 88.3 Å². The van der Waals surface area contributed by atoms with E-state index in [1.807, 2.05) is 0 Å². The lowest BCUT2D eigenvalue weighted by Crippen LogP contribution is -2.09. The van der Waals surface area contributed by atoms with Crippen molar-refractivity contribution in [2.45, 2.75) is 6.42 Å². The number of carbonyl (C=O) groups excluding carboxylic acids is 3. The molecule has 0 bridgehead atoms. The number of isocyanates is 3. The third-order valence-corrected chi connectivity index (χ3v) is 4.90. The number of aliphatic imine (C=N–C) groups is 2. The van der Waals surface area contributed by atoms with Gasteiger partial charge in [-0.05, 0) is 18.1 Å². The van der Waals surface area contributed by atoms with Gasteiger partial charge < -0.3 is 0 Å². The van der Waals surface area contributed by atoms with Crippen LogP contribution in [0, 0.1) is 5.92 Å². The van der Waals surface area contributed by atoms with Gasteiger partial charge in [0.25, 0.3) is 0 Å². The first-order chi connectivity index (χ1) is 9.35. The number of thioether (sulfide) groups is 1. The Morgan fingerprint density at radius 2 is 1.68 bits per heavy atom. The zero-order valence-electron chi connectivity index (χ0n) is 10.1. The SMILES string of the molecule is O=C=NCCSCC(CCN=C=O)CSSN=C=O. The molecule has 0 spiro atoms. The predicted octanol–water partition coefficient (Wildman–Crippen LogP) is 2.03. The fourth-order valence-electron chi connectivity index (χ4n) is 1.08. The smallest absolute Gasteiger partial charge is 0.211 e. The molecule has 1 unspecified atom stereocenters. The molecule has 0 aliphatic heterocycles. The highest BCUT2D eigenvalue weighted by Crippen LogP contribution is 2.27. The lowest BCUT2D eigenvalue weighted by Gasteiger charge is -2.13. The summed E-state index contributed by atoms with van der Waals surface area (Å²) in [5.74, 6) is 2.78. The molecular weight excluding hydrogens is 306 g/mol. The molecule has 0 amide bonds. The van der Waals surface area contributed by atoms with Gasteiger partial charge >= 0.3 is 0 Å². The fraction of sp³-hybridized carbons (Fsp3) is 0.700. The van der Waals surface area contributed by atoms with Crippen LogP contribution in [0.3, 0.4) is 0 Å². The van der Waals surface area contributed by atoms with Crippen LogP contribution in [0.15, 0.2) is 14.4 Å². The van der Waals surface area contributed by atoms with Gasteiger partial charge in [0.2, 0.25) is 18.2 Å². The maximum absolute atomic E-state index is 10.0. The zero-order valence-corrected chi connectivity index (χ0v) is 12.6. The van der Waals surface area contributed by atoms with E-state index in [-0.39, 0.29) is 0 Å². The van der Waals surface area contributed by atoms with Gasteiger partial charge in [-0.2, -0.15) is 11.8 Å². The predicted molar refractivity (Wildman–Crippen MR) is 79.6 cm³/mol. The molecule has 0 saturated carbocycles. The molecule has 19 heavy (non-hydrogen) atoms. The van der Waals surface area contributed by atoms with Crippen LogP contribution in [-0.2, 0) is 14.4 Å². The summed E-state index contributed by atoms with van der Waals surface area (Å²) in [6.45, 7) is 0.911. The summed E-state index contributed by atoms with van der Waals surface area (Å²) in [6.07, 6.45) is 5.23. The molecule has 0 radical (unpaired) electrons. The first-order valence-corrected chi connectivity index (χ1v) is 8.79. The maximum atomic E-state index is 10.0. The molecule has 0 rings (SSSR count). The molecule has 0 aromatic heterocycles. The standard InChI is InChI=1S/C10H13N3O3S3/c14-7-11-2-1-10(6-18-19-13-9-16)5-17-4-3-12-8-15/h10H,1-6H2. The molecule has 0 N–H and O–H groups in total. The Balaban J connectivity index is 3.90. The van der Waals surface area contributed by atoms with E-state index >= 15 is 0 Å². The summed E-state index contributed by atoms with van der Waals surface area (Å²) in [5, 5.41) is 0. The van der Waals surface area contributed by atoms with Crippen molar-refractivity contribution in [3.8, 4) is 0 Å². The van der Waals surface area contributed by atoms with E-state index < -0.39 is 0 Å². The molecule has 0 aromatic carbocycles. The van der Waals surface area contributed by atoms with Gasteiger partial charge in [0.1, 0.15) is 0 Å². The third-order valence-electron chi connectivity index (χ3n) is 1.91. The van der Waals surface area contributed by atoms with Crippen molar-refractivity contribution in [3.05, 3.63) is 0 Å². The number of rotatable bonds is 12. The largest absolute Gasteiger partial charge is 0.248 e.